The van der Waals surface area contributed by atoms with Crippen molar-refractivity contribution in [1.29, 1.82) is 0 Å². The molecule has 106 valence electrons. The van der Waals surface area contributed by atoms with Crippen LogP contribution in [0.5, 0.6) is 0 Å². The predicted octanol–water partition coefficient (Wildman–Crippen LogP) is 3.30. The van der Waals surface area contributed by atoms with Gasteiger partial charge in [-0.3, -0.25) is 4.90 Å². The van der Waals surface area contributed by atoms with E-state index in [4.69, 9.17) is 5.73 Å². The van der Waals surface area contributed by atoms with Crippen molar-refractivity contribution in [1.82, 2.24) is 4.90 Å². The first-order chi connectivity index (χ1) is 9.22. The van der Waals surface area contributed by atoms with E-state index in [1.807, 2.05) is 6.07 Å². The fourth-order valence-corrected chi connectivity index (χ4v) is 2.96. The Balaban J connectivity index is 1.91. The highest BCUT2D eigenvalue weighted by Gasteiger charge is 2.19. The lowest BCUT2D eigenvalue weighted by Gasteiger charge is -2.32. The third-order valence-corrected chi connectivity index (χ3v) is 4.14. The fraction of sp³-hybridized carbons (Fsp3) is 0.625. The fourth-order valence-electron chi connectivity index (χ4n) is 2.96. The summed E-state index contributed by atoms with van der Waals surface area (Å²) in [5, 5.41) is 0. The van der Waals surface area contributed by atoms with Crippen LogP contribution in [0.1, 0.15) is 43.7 Å². The van der Waals surface area contributed by atoms with Crippen molar-refractivity contribution in [2.45, 2.75) is 45.7 Å². The van der Waals surface area contributed by atoms with Crippen LogP contribution in [0.4, 0.5) is 4.39 Å². The highest BCUT2D eigenvalue weighted by atomic mass is 19.1. The number of nitrogens with zero attached hydrogens (tertiary/aromatic N) is 1. The molecule has 1 aliphatic rings. The van der Waals surface area contributed by atoms with Crippen LogP contribution in [-0.4, -0.2) is 18.0 Å². The van der Waals surface area contributed by atoms with Crippen LogP contribution in [0.25, 0.3) is 0 Å². The molecule has 1 aromatic rings. The SMILES string of the molecule is CCCC1CCN(Cc2cc(CN)ccc2F)CC1. The van der Waals surface area contributed by atoms with Crippen LogP contribution < -0.4 is 5.73 Å². The average molecular weight is 264 g/mol. The first-order valence-corrected chi connectivity index (χ1v) is 7.42. The van der Waals surface area contributed by atoms with Crippen molar-refractivity contribution in [3.8, 4) is 0 Å². The molecular weight excluding hydrogens is 239 g/mol. The first kappa shape index (κ1) is 14.5. The molecule has 0 unspecified atom stereocenters. The first-order valence-electron chi connectivity index (χ1n) is 7.42. The van der Waals surface area contributed by atoms with Crippen molar-refractivity contribution < 1.29 is 4.39 Å². The maximum absolute atomic E-state index is 13.8. The summed E-state index contributed by atoms with van der Waals surface area (Å²) in [6, 6.07) is 5.22. The van der Waals surface area contributed by atoms with Gasteiger partial charge in [-0.2, -0.15) is 0 Å². The molecule has 0 bridgehead atoms. The molecule has 0 amide bonds. The normalized spacial score (nSPS) is 17.8. The van der Waals surface area contributed by atoms with E-state index in [9.17, 15) is 4.39 Å². The molecule has 0 aromatic heterocycles. The second kappa shape index (κ2) is 7.01. The van der Waals surface area contributed by atoms with E-state index >= 15 is 0 Å². The number of piperidine rings is 1. The van der Waals surface area contributed by atoms with Crippen LogP contribution in [-0.2, 0) is 13.1 Å². The zero-order chi connectivity index (χ0) is 13.7. The van der Waals surface area contributed by atoms with Gasteiger partial charge >= 0.3 is 0 Å². The Labute approximate surface area is 115 Å². The lowest BCUT2D eigenvalue weighted by atomic mass is 9.92. The number of likely N-dealkylation sites (tertiary alicyclic amines) is 1. The molecule has 2 nitrogen and oxygen atoms in total. The number of rotatable bonds is 5. The number of nitrogens with two attached hydrogens (primary N) is 1. The molecule has 0 spiro atoms. The van der Waals surface area contributed by atoms with Gasteiger partial charge in [-0.1, -0.05) is 31.9 Å². The van der Waals surface area contributed by atoms with E-state index in [1.54, 1.807) is 12.1 Å². The van der Waals surface area contributed by atoms with E-state index in [1.165, 1.54) is 25.7 Å². The highest BCUT2D eigenvalue weighted by molar-refractivity contribution is 5.25. The lowest BCUT2D eigenvalue weighted by molar-refractivity contribution is 0.170. The third kappa shape index (κ3) is 4.02. The van der Waals surface area contributed by atoms with Gasteiger partial charge < -0.3 is 5.73 Å². The summed E-state index contributed by atoms with van der Waals surface area (Å²) in [5.41, 5.74) is 7.42. The summed E-state index contributed by atoms with van der Waals surface area (Å²) in [4.78, 5) is 2.37. The number of benzene rings is 1. The van der Waals surface area contributed by atoms with Crippen molar-refractivity contribution in [2.75, 3.05) is 13.1 Å². The molecule has 0 aliphatic carbocycles. The summed E-state index contributed by atoms with van der Waals surface area (Å²) in [7, 11) is 0. The minimum Gasteiger partial charge on any atom is -0.326 e. The van der Waals surface area contributed by atoms with Crippen LogP contribution in [0.15, 0.2) is 18.2 Å². The standard InChI is InChI=1S/C16H25FN2/c1-2-3-13-6-8-19(9-7-13)12-15-10-14(11-18)4-5-16(15)17/h4-5,10,13H,2-3,6-9,11-12,18H2,1H3. The lowest BCUT2D eigenvalue weighted by Crippen LogP contribution is -2.33. The summed E-state index contributed by atoms with van der Waals surface area (Å²) >= 11 is 0. The van der Waals surface area contributed by atoms with E-state index in [-0.39, 0.29) is 5.82 Å². The van der Waals surface area contributed by atoms with Gasteiger partial charge in [0.1, 0.15) is 5.82 Å². The summed E-state index contributed by atoms with van der Waals surface area (Å²) in [5.74, 6) is 0.773. The van der Waals surface area contributed by atoms with Gasteiger partial charge in [0, 0.05) is 18.7 Å². The van der Waals surface area contributed by atoms with E-state index in [0.29, 0.717) is 6.54 Å². The van der Waals surface area contributed by atoms with Gasteiger partial charge in [-0.05, 0) is 43.5 Å². The minimum absolute atomic E-state index is 0.104. The predicted molar refractivity (Wildman–Crippen MR) is 77.2 cm³/mol. The number of halogens is 1. The second-order valence-corrected chi connectivity index (χ2v) is 5.64. The summed E-state index contributed by atoms with van der Waals surface area (Å²) in [6.07, 6.45) is 5.13. The van der Waals surface area contributed by atoms with Gasteiger partial charge in [0.2, 0.25) is 0 Å². The Morgan fingerprint density at radius 3 is 2.68 bits per heavy atom. The van der Waals surface area contributed by atoms with Crippen LogP contribution in [0, 0.1) is 11.7 Å². The van der Waals surface area contributed by atoms with Crippen LogP contribution >= 0.6 is 0 Å². The number of hydrogen-bond acceptors (Lipinski definition) is 2. The molecule has 3 heteroatoms. The zero-order valence-corrected chi connectivity index (χ0v) is 11.9. The van der Waals surface area contributed by atoms with Gasteiger partial charge in [0.15, 0.2) is 0 Å². The highest BCUT2D eigenvalue weighted by Crippen LogP contribution is 2.23. The Kier molecular flexibility index (Phi) is 5.34. The molecule has 0 atom stereocenters. The Hall–Kier alpha value is -0.930. The maximum atomic E-state index is 13.8. The van der Waals surface area contributed by atoms with Crippen molar-refractivity contribution in [3.05, 3.63) is 35.1 Å². The second-order valence-electron chi connectivity index (χ2n) is 5.64. The van der Waals surface area contributed by atoms with E-state index < -0.39 is 0 Å². The summed E-state index contributed by atoms with van der Waals surface area (Å²) < 4.78 is 13.8. The molecule has 1 fully saturated rings. The Bertz CT molecular complexity index is 398. The van der Waals surface area contributed by atoms with E-state index in [0.717, 1.165) is 36.7 Å². The molecule has 1 saturated heterocycles. The topological polar surface area (TPSA) is 29.3 Å². The quantitative estimate of drug-likeness (QED) is 0.884. The molecule has 0 saturated carbocycles. The van der Waals surface area contributed by atoms with Gasteiger partial charge in [0.25, 0.3) is 0 Å². The van der Waals surface area contributed by atoms with Crippen LogP contribution in [0.3, 0.4) is 0 Å². The van der Waals surface area contributed by atoms with Gasteiger partial charge in [-0.15, -0.1) is 0 Å². The van der Waals surface area contributed by atoms with E-state index in [2.05, 4.69) is 11.8 Å². The van der Waals surface area contributed by atoms with Crippen molar-refractivity contribution in [2.24, 2.45) is 11.7 Å². The number of hydrogen-bond donors (Lipinski definition) is 1. The average Bonchev–Trinajstić information content (AvgIpc) is 2.44. The maximum Gasteiger partial charge on any atom is 0.127 e. The van der Waals surface area contributed by atoms with Crippen molar-refractivity contribution >= 4 is 0 Å². The van der Waals surface area contributed by atoms with Gasteiger partial charge in [-0.25, -0.2) is 4.39 Å². The largest absolute Gasteiger partial charge is 0.326 e. The molecule has 2 N–H and O–H groups in total. The smallest absolute Gasteiger partial charge is 0.127 e. The minimum atomic E-state index is -0.104. The summed E-state index contributed by atoms with van der Waals surface area (Å²) in [6.45, 7) is 5.64. The monoisotopic (exact) mass is 264 g/mol. The Morgan fingerprint density at radius 2 is 2.05 bits per heavy atom. The third-order valence-electron chi connectivity index (χ3n) is 4.14. The van der Waals surface area contributed by atoms with Crippen molar-refractivity contribution in [3.63, 3.8) is 0 Å². The van der Waals surface area contributed by atoms with Gasteiger partial charge in [0.05, 0.1) is 0 Å². The molecule has 0 radical (unpaired) electrons. The molecular formula is C16H25FN2. The molecule has 1 aliphatic heterocycles. The molecule has 2 rings (SSSR count). The van der Waals surface area contributed by atoms with Crippen LogP contribution in [0.2, 0.25) is 0 Å². The zero-order valence-electron chi connectivity index (χ0n) is 11.9. The molecule has 1 aromatic carbocycles. The molecule has 19 heavy (non-hydrogen) atoms. The molecule has 1 heterocycles. The Morgan fingerprint density at radius 1 is 1.32 bits per heavy atom.